The largest absolute Gasteiger partial charge is 0.383 e. The minimum absolute atomic E-state index is 0.0227. The van der Waals surface area contributed by atoms with Gasteiger partial charge in [0.05, 0.1) is 6.54 Å². The summed E-state index contributed by atoms with van der Waals surface area (Å²) in [5, 5.41) is 17.1. The second kappa shape index (κ2) is 7.20. The molecule has 0 spiro atoms. The summed E-state index contributed by atoms with van der Waals surface area (Å²) in [5.41, 5.74) is -0.280. The van der Waals surface area contributed by atoms with E-state index in [1.54, 1.807) is 13.0 Å². The third-order valence-electron chi connectivity index (χ3n) is 3.15. The summed E-state index contributed by atoms with van der Waals surface area (Å²) in [6.07, 6.45) is 0. The molecule has 2 amide bonds. The summed E-state index contributed by atoms with van der Waals surface area (Å²) >= 11 is 1.40. The van der Waals surface area contributed by atoms with Gasteiger partial charge < -0.3 is 15.7 Å². The number of hydrogen-bond acceptors (Lipinski definition) is 4. The van der Waals surface area contributed by atoms with Gasteiger partial charge in [0.15, 0.2) is 0 Å². The molecule has 1 aromatic carbocycles. The van der Waals surface area contributed by atoms with Gasteiger partial charge in [0.2, 0.25) is 0 Å². The Kier molecular flexibility index (Phi) is 5.30. The monoisotopic (exact) mass is 318 g/mol. The van der Waals surface area contributed by atoms with Crippen molar-refractivity contribution in [1.82, 2.24) is 10.6 Å². The zero-order chi connectivity index (χ0) is 16.0. The first kappa shape index (κ1) is 16.2. The first-order valence-corrected chi connectivity index (χ1v) is 7.73. The summed E-state index contributed by atoms with van der Waals surface area (Å²) in [5.74, 6) is -1.47. The molecule has 0 radical (unpaired) electrons. The van der Waals surface area contributed by atoms with Crippen molar-refractivity contribution in [2.24, 2.45) is 0 Å². The van der Waals surface area contributed by atoms with E-state index in [1.807, 2.05) is 41.8 Å². The molecule has 1 unspecified atom stereocenters. The van der Waals surface area contributed by atoms with Crippen molar-refractivity contribution in [2.45, 2.75) is 19.1 Å². The van der Waals surface area contributed by atoms with Crippen LogP contribution in [0.3, 0.4) is 0 Å². The SMILES string of the molecule is CC(O)(CNC(=O)C(=O)NCc1ccccc1)c1cccs1. The molecular weight excluding hydrogens is 300 g/mol. The lowest BCUT2D eigenvalue weighted by atomic mass is 10.1. The number of carbonyl (C=O) groups excluding carboxylic acids is 2. The Morgan fingerprint density at radius 3 is 2.41 bits per heavy atom. The summed E-state index contributed by atoms with van der Waals surface area (Å²) in [4.78, 5) is 24.2. The van der Waals surface area contributed by atoms with Crippen LogP contribution in [0, 0.1) is 0 Å². The molecule has 22 heavy (non-hydrogen) atoms. The highest BCUT2D eigenvalue weighted by Crippen LogP contribution is 2.24. The molecule has 3 N–H and O–H groups in total. The van der Waals surface area contributed by atoms with Crippen molar-refractivity contribution in [1.29, 1.82) is 0 Å². The maximum absolute atomic E-state index is 11.7. The first-order chi connectivity index (χ1) is 10.5. The van der Waals surface area contributed by atoms with E-state index in [0.717, 1.165) is 10.4 Å². The summed E-state index contributed by atoms with van der Waals surface area (Å²) in [7, 11) is 0. The van der Waals surface area contributed by atoms with Crippen LogP contribution in [-0.4, -0.2) is 23.5 Å². The quantitative estimate of drug-likeness (QED) is 0.729. The van der Waals surface area contributed by atoms with E-state index in [4.69, 9.17) is 0 Å². The van der Waals surface area contributed by atoms with Gasteiger partial charge in [-0.1, -0.05) is 36.4 Å². The third kappa shape index (κ3) is 4.41. The molecule has 1 heterocycles. The van der Waals surface area contributed by atoms with Crippen LogP contribution < -0.4 is 10.6 Å². The van der Waals surface area contributed by atoms with Crippen LogP contribution in [0.2, 0.25) is 0 Å². The van der Waals surface area contributed by atoms with Crippen molar-refractivity contribution in [3.05, 3.63) is 58.3 Å². The molecule has 6 heteroatoms. The zero-order valence-electron chi connectivity index (χ0n) is 12.2. The van der Waals surface area contributed by atoms with Gasteiger partial charge in [-0.15, -0.1) is 11.3 Å². The van der Waals surface area contributed by atoms with Crippen molar-refractivity contribution < 1.29 is 14.7 Å². The molecule has 0 bridgehead atoms. The van der Waals surface area contributed by atoms with Crippen LogP contribution in [0.1, 0.15) is 17.4 Å². The Morgan fingerprint density at radius 2 is 1.77 bits per heavy atom. The fraction of sp³-hybridized carbons (Fsp3) is 0.250. The number of hydrogen-bond donors (Lipinski definition) is 3. The number of thiophene rings is 1. The van der Waals surface area contributed by atoms with Gasteiger partial charge in [-0.05, 0) is 23.9 Å². The van der Waals surface area contributed by atoms with E-state index in [0.29, 0.717) is 0 Å². The number of amides is 2. The molecule has 116 valence electrons. The van der Waals surface area contributed by atoms with Crippen LogP contribution >= 0.6 is 11.3 Å². The third-order valence-corrected chi connectivity index (χ3v) is 4.27. The average molecular weight is 318 g/mol. The van der Waals surface area contributed by atoms with Crippen LogP contribution in [0.4, 0.5) is 0 Å². The second-order valence-electron chi connectivity index (χ2n) is 5.10. The molecule has 0 saturated heterocycles. The maximum Gasteiger partial charge on any atom is 0.309 e. The summed E-state index contributed by atoms with van der Waals surface area (Å²) < 4.78 is 0. The van der Waals surface area contributed by atoms with Crippen molar-refractivity contribution in [2.75, 3.05) is 6.54 Å². The highest BCUT2D eigenvalue weighted by Gasteiger charge is 2.26. The van der Waals surface area contributed by atoms with E-state index < -0.39 is 17.4 Å². The average Bonchev–Trinajstić information content (AvgIpc) is 3.06. The predicted octanol–water partition coefficient (Wildman–Crippen LogP) is 1.39. The number of nitrogens with one attached hydrogen (secondary N) is 2. The molecule has 5 nitrogen and oxygen atoms in total. The molecule has 1 aromatic heterocycles. The standard InChI is InChI=1S/C16H18N2O3S/c1-16(21,13-8-5-9-22-13)11-18-15(20)14(19)17-10-12-6-3-2-4-7-12/h2-9,21H,10-11H2,1H3,(H,17,19)(H,18,20). The Bertz CT molecular complexity index is 624. The van der Waals surface area contributed by atoms with Gasteiger partial charge in [-0.3, -0.25) is 9.59 Å². The van der Waals surface area contributed by atoms with Crippen LogP contribution in [0.5, 0.6) is 0 Å². The summed E-state index contributed by atoms with van der Waals surface area (Å²) in [6.45, 7) is 1.86. The Morgan fingerprint density at radius 1 is 1.09 bits per heavy atom. The van der Waals surface area contributed by atoms with Crippen molar-refractivity contribution >= 4 is 23.2 Å². The van der Waals surface area contributed by atoms with Crippen LogP contribution in [0.25, 0.3) is 0 Å². The number of aliphatic hydroxyl groups is 1. The van der Waals surface area contributed by atoms with E-state index in [9.17, 15) is 14.7 Å². The lowest BCUT2D eigenvalue weighted by Crippen LogP contribution is -2.45. The van der Waals surface area contributed by atoms with Gasteiger partial charge in [0.25, 0.3) is 0 Å². The van der Waals surface area contributed by atoms with E-state index in [-0.39, 0.29) is 13.1 Å². The highest BCUT2D eigenvalue weighted by molar-refractivity contribution is 7.10. The smallest absolute Gasteiger partial charge is 0.309 e. The molecule has 2 rings (SSSR count). The predicted molar refractivity (Wildman–Crippen MR) is 85.2 cm³/mol. The fourth-order valence-electron chi connectivity index (χ4n) is 1.86. The number of benzene rings is 1. The fourth-order valence-corrected chi connectivity index (χ4v) is 2.65. The molecular formula is C16H18N2O3S. The van der Waals surface area contributed by atoms with Crippen LogP contribution in [0.15, 0.2) is 47.8 Å². The second-order valence-corrected chi connectivity index (χ2v) is 6.05. The van der Waals surface area contributed by atoms with Gasteiger partial charge in [0, 0.05) is 11.4 Å². The molecule has 0 fully saturated rings. The number of rotatable bonds is 5. The minimum Gasteiger partial charge on any atom is -0.383 e. The highest BCUT2D eigenvalue weighted by atomic mass is 32.1. The first-order valence-electron chi connectivity index (χ1n) is 6.85. The Balaban J connectivity index is 1.80. The van der Waals surface area contributed by atoms with Crippen molar-refractivity contribution in [3.8, 4) is 0 Å². The summed E-state index contributed by atoms with van der Waals surface area (Å²) in [6, 6.07) is 12.9. The molecule has 0 aliphatic carbocycles. The Labute approximate surface area is 133 Å². The normalized spacial score (nSPS) is 13.2. The van der Waals surface area contributed by atoms with E-state index >= 15 is 0 Å². The van der Waals surface area contributed by atoms with Crippen LogP contribution in [-0.2, 0) is 21.7 Å². The lowest BCUT2D eigenvalue weighted by Gasteiger charge is -2.22. The van der Waals surface area contributed by atoms with Crippen molar-refractivity contribution in [3.63, 3.8) is 0 Å². The van der Waals surface area contributed by atoms with Gasteiger partial charge in [-0.25, -0.2) is 0 Å². The van der Waals surface area contributed by atoms with E-state index in [2.05, 4.69) is 10.6 Å². The Hall–Kier alpha value is -2.18. The zero-order valence-corrected chi connectivity index (χ0v) is 13.0. The molecule has 0 saturated carbocycles. The molecule has 0 aliphatic heterocycles. The maximum atomic E-state index is 11.7. The van der Waals surface area contributed by atoms with Gasteiger partial charge in [0.1, 0.15) is 5.60 Å². The van der Waals surface area contributed by atoms with E-state index in [1.165, 1.54) is 11.3 Å². The molecule has 1 atom stereocenters. The minimum atomic E-state index is -1.19. The molecule has 0 aliphatic rings. The van der Waals surface area contributed by atoms with Gasteiger partial charge >= 0.3 is 11.8 Å². The van der Waals surface area contributed by atoms with Gasteiger partial charge in [-0.2, -0.15) is 0 Å². The lowest BCUT2D eigenvalue weighted by molar-refractivity contribution is -0.139. The topological polar surface area (TPSA) is 78.4 Å². The molecule has 2 aromatic rings. The number of carbonyl (C=O) groups is 2.